The van der Waals surface area contributed by atoms with E-state index in [1.165, 1.54) is 82.0 Å². The van der Waals surface area contributed by atoms with Gasteiger partial charge in [-0.15, -0.1) is 0 Å². The second-order valence-electron chi connectivity index (χ2n) is 14.0. The predicted octanol–water partition coefficient (Wildman–Crippen LogP) is 14.3. The van der Waals surface area contributed by atoms with Crippen LogP contribution in [0.1, 0.15) is 5.56 Å². The molecule has 0 N–H and O–H groups in total. The van der Waals surface area contributed by atoms with Gasteiger partial charge >= 0.3 is 0 Å². The first-order valence-corrected chi connectivity index (χ1v) is 18.3. The Balaban J connectivity index is 1.13. The van der Waals surface area contributed by atoms with Crippen molar-refractivity contribution in [1.82, 2.24) is 4.98 Å². The number of hydrogen-bond acceptors (Lipinski definition) is 1. The van der Waals surface area contributed by atoms with Crippen LogP contribution in [0.4, 0.5) is 0 Å². The van der Waals surface area contributed by atoms with Gasteiger partial charge in [0, 0.05) is 17.3 Å². The molecule has 0 radical (unpaired) electrons. The molecular formula is C52H35N. The molecule has 0 saturated carbocycles. The summed E-state index contributed by atoms with van der Waals surface area (Å²) in [6.07, 6.45) is 1.89. The van der Waals surface area contributed by atoms with Crippen molar-refractivity contribution >= 4 is 43.1 Å². The Morgan fingerprint density at radius 1 is 0.321 bits per heavy atom. The topological polar surface area (TPSA) is 12.9 Å². The highest BCUT2D eigenvalue weighted by Crippen LogP contribution is 2.46. The lowest BCUT2D eigenvalue weighted by Crippen LogP contribution is -1.92. The van der Waals surface area contributed by atoms with Crippen LogP contribution >= 0.6 is 0 Å². The molecule has 53 heavy (non-hydrogen) atoms. The first-order chi connectivity index (χ1) is 26.2. The van der Waals surface area contributed by atoms with Gasteiger partial charge in [0.25, 0.3) is 0 Å². The van der Waals surface area contributed by atoms with Crippen LogP contribution in [-0.4, -0.2) is 4.98 Å². The minimum atomic E-state index is 0.992. The van der Waals surface area contributed by atoms with Gasteiger partial charge in [-0.25, -0.2) is 0 Å². The molecule has 0 unspecified atom stereocenters. The molecule has 0 aliphatic rings. The number of aromatic nitrogens is 1. The number of aryl methyl sites for hydroxylation is 1. The van der Waals surface area contributed by atoms with Crippen molar-refractivity contribution in [3.8, 4) is 55.8 Å². The van der Waals surface area contributed by atoms with Crippen molar-refractivity contribution in [2.75, 3.05) is 0 Å². The lowest BCUT2D eigenvalue weighted by atomic mass is 9.84. The summed E-state index contributed by atoms with van der Waals surface area (Å²) in [5.74, 6) is 0. The summed E-state index contributed by atoms with van der Waals surface area (Å²) in [4.78, 5) is 4.88. The molecule has 10 aromatic rings. The maximum absolute atomic E-state index is 4.88. The molecule has 1 heteroatoms. The van der Waals surface area contributed by atoms with Crippen molar-refractivity contribution in [2.24, 2.45) is 0 Å². The molecule has 0 aliphatic carbocycles. The number of nitrogens with zero attached hydrogens (tertiary/aromatic N) is 1. The number of pyridine rings is 1. The Morgan fingerprint density at radius 2 is 0.811 bits per heavy atom. The average molecular weight is 674 g/mol. The minimum absolute atomic E-state index is 0.992. The van der Waals surface area contributed by atoms with Crippen LogP contribution in [0.3, 0.4) is 0 Å². The van der Waals surface area contributed by atoms with Gasteiger partial charge < -0.3 is 0 Å². The highest BCUT2D eigenvalue weighted by atomic mass is 14.7. The smallest absolute Gasteiger partial charge is 0.0780 e. The Labute approximate surface area is 309 Å². The first kappa shape index (κ1) is 30.9. The van der Waals surface area contributed by atoms with Gasteiger partial charge in [0.15, 0.2) is 0 Å². The zero-order valence-corrected chi connectivity index (χ0v) is 29.4. The van der Waals surface area contributed by atoms with Gasteiger partial charge in [-0.2, -0.15) is 0 Å². The number of benzene rings is 9. The standard InChI is InChI=1S/C52H35N/c1-34-22-24-36(25-23-34)41-17-8-19-44-43(41)18-9-20-45(44)51-48-15-6-4-13-46(48)50(47-14-5-7-16-49(47)51)38-29-27-37(28-30-38)42-21-10-32-53-52(42)40-31-26-35-11-2-3-12-39(35)33-40/h2-33H,1H3. The quantitative estimate of drug-likeness (QED) is 0.166. The van der Waals surface area contributed by atoms with Crippen molar-refractivity contribution in [1.29, 1.82) is 0 Å². The van der Waals surface area contributed by atoms with E-state index in [0.717, 1.165) is 22.4 Å². The number of rotatable bonds is 5. The maximum atomic E-state index is 4.88. The van der Waals surface area contributed by atoms with Crippen molar-refractivity contribution in [2.45, 2.75) is 6.92 Å². The largest absolute Gasteiger partial charge is 0.256 e. The summed E-state index contributed by atoms with van der Waals surface area (Å²) in [5, 5.41) is 9.98. The second-order valence-corrected chi connectivity index (χ2v) is 14.0. The summed E-state index contributed by atoms with van der Waals surface area (Å²) < 4.78 is 0. The van der Waals surface area contributed by atoms with E-state index in [-0.39, 0.29) is 0 Å². The third-order valence-corrected chi connectivity index (χ3v) is 10.8. The van der Waals surface area contributed by atoms with E-state index < -0.39 is 0 Å². The first-order valence-electron chi connectivity index (χ1n) is 18.3. The molecule has 0 aliphatic heterocycles. The molecule has 0 bridgehead atoms. The van der Waals surface area contributed by atoms with Crippen molar-refractivity contribution < 1.29 is 0 Å². The van der Waals surface area contributed by atoms with Gasteiger partial charge in [-0.1, -0.05) is 181 Å². The van der Waals surface area contributed by atoms with Gasteiger partial charge in [-0.3, -0.25) is 4.98 Å². The molecule has 1 aromatic heterocycles. The van der Waals surface area contributed by atoms with E-state index >= 15 is 0 Å². The zero-order chi connectivity index (χ0) is 35.3. The lowest BCUT2D eigenvalue weighted by Gasteiger charge is -2.19. The molecule has 9 aromatic carbocycles. The number of hydrogen-bond donors (Lipinski definition) is 0. The van der Waals surface area contributed by atoms with Crippen LogP contribution in [0.15, 0.2) is 194 Å². The monoisotopic (exact) mass is 673 g/mol. The molecule has 0 amide bonds. The highest BCUT2D eigenvalue weighted by molar-refractivity contribution is 6.24. The zero-order valence-electron chi connectivity index (χ0n) is 29.4. The Kier molecular flexibility index (Phi) is 7.44. The fourth-order valence-corrected chi connectivity index (χ4v) is 8.26. The maximum Gasteiger partial charge on any atom is 0.0780 e. The van der Waals surface area contributed by atoms with Crippen molar-refractivity contribution in [3.63, 3.8) is 0 Å². The summed E-state index contributed by atoms with van der Waals surface area (Å²) in [7, 11) is 0. The van der Waals surface area contributed by atoms with Crippen LogP contribution in [-0.2, 0) is 0 Å². The molecular weight excluding hydrogens is 639 g/mol. The van der Waals surface area contributed by atoms with Gasteiger partial charge in [0.05, 0.1) is 5.69 Å². The SMILES string of the molecule is Cc1ccc(-c2cccc3c(-c4c5ccccc5c(-c5ccc(-c6cccnc6-c6ccc7ccccc7c6)cc5)c5ccccc45)cccc23)cc1. The molecule has 0 fully saturated rings. The molecule has 1 nitrogen and oxygen atoms in total. The molecule has 0 saturated heterocycles. The fourth-order valence-electron chi connectivity index (χ4n) is 8.26. The van der Waals surface area contributed by atoms with E-state index in [0.29, 0.717) is 0 Å². The third-order valence-electron chi connectivity index (χ3n) is 10.8. The van der Waals surface area contributed by atoms with E-state index in [1.807, 2.05) is 12.3 Å². The van der Waals surface area contributed by atoms with Crippen LogP contribution in [0.2, 0.25) is 0 Å². The summed E-state index contributed by atoms with van der Waals surface area (Å²) in [6.45, 7) is 2.14. The molecule has 0 spiro atoms. The normalized spacial score (nSPS) is 11.5. The third kappa shape index (κ3) is 5.29. The van der Waals surface area contributed by atoms with Crippen LogP contribution in [0, 0.1) is 6.92 Å². The summed E-state index contributed by atoms with van der Waals surface area (Å²) in [6, 6.07) is 68.6. The predicted molar refractivity (Wildman–Crippen MR) is 226 cm³/mol. The second kappa shape index (κ2) is 12.7. The van der Waals surface area contributed by atoms with E-state index in [1.54, 1.807) is 0 Å². The van der Waals surface area contributed by atoms with Gasteiger partial charge in [0.1, 0.15) is 0 Å². The number of fused-ring (bicyclic) bond motifs is 4. The van der Waals surface area contributed by atoms with Crippen LogP contribution < -0.4 is 0 Å². The Bertz CT molecular complexity index is 2930. The lowest BCUT2D eigenvalue weighted by molar-refractivity contribution is 1.33. The fraction of sp³-hybridized carbons (Fsp3) is 0.0192. The Morgan fingerprint density at radius 3 is 1.51 bits per heavy atom. The highest BCUT2D eigenvalue weighted by Gasteiger charge is 2.19. The van der Waals surface area contributed by atoms with Crippen LogP contribution in [0.25, 0.3) is 98.9 Å². The van der Waals surface area contributed by atoms with E-state index in [2.05, 4.69) is 189 Å². The average Bonchev–Trinajstić information content (AvgIpc) is 3.22. The van der Waals surface area contributed by atoms with E-state index in [4.69, 9.17) is 4.98 Å². The van der Waals surface area contributed by atoms with Gasteiger partial charge in [-0.05, 0) is 101 Å². The van der Waals surface area contributed by atoms with E-state index in [9.17, 15) is 0 Å². The minimum Gasteiger partial charge on any atom is -0.256 e. The summed E-state index contributed by atoms with van der Waals surface area (Å²) >= 11 is 0. The molecule has 10 rings (SSSR count). The molecule has 248 valence electrons. The van der Waals surface area contributed by atoms with Crippen LogP contribution in [0.5, 0.6) is 0 Å². The Hall–Kier alpha value is -6.83. The molecule has 0 atom stereocenters. The molecule has 1 heterocycles. The van der Waals surface area contributed by atoms with Gasteiger partial charge in [0.2, 0.25) is 0 Å². The summed E-state index contributed by atoms with van der Waals surface area (Å²) in [5.41, 5.74) is 13.1. The van der Waals surface area contributed by atoms with Crippen molar-refractivity contribution in [3.05, 3.63) is 200 Å².